The zero-order chi connectivity index (χ0) is 24.9. The number of esters is 2. The Hall–Kier alpha value is -0.260. The minimum Gasteiger partial charge on any atom is -0.468 e. The van der Waals surface area contributed by atoms with E-state index in [4.69, 9.17) is 18.9 Å². The number of aliphatic hydroxyl groups is 2. The molecule has 10 heteroatoms. The van der Waals surface area contributed by atoms with Crippen molar-refractivity contribution >= 4 is 43.8 Å². The van der Waals surface area contributed by atoms with E-state index in [1.165, 1.54) is 14.2 Å². The van der Waals surface area contributed by atoms with Gasteiger partial charge >= 0.3 is 11.9 Å². The smallest absolute Gasteiger partial charge is 0.315 e. The largest absolute Gasteiger partial charge is 0.468 e. The molecular weight excluding hydrogens is 600 g/mol. The SMILES string of the molecule is COC(=O)C12[C@H]3[C@@H]4[C@@H]5[C@@H]6C7(C(=O)OC)[C@H]4[C@@]4(Br)[C@@H]8[C@H]9[C@H]%10[C@H](C1(OC)[C@H]9[C@@]34O)[C@](O)([C@@H]52)[C@@]6(Br)[C@@H]%10C87OC. The van der Waals surface area contributed by atoms with Crippen LogP contribution in [-0.4, -0.2) is 81.6 Å². The number of hydrogen-bond acceptors (Lipinski definition) is 8. The van der Waals surface area contributed by atoms with Crippen molar-refractivity contribution in [1.29, 1.82) is 0 Å². The molecule has 36 heavy (non-hydrogen) atoms. The lowest BCUT2D eigenvalue weighted by Crippen LogP contribution is -2.61. The van der Waals surface area contributed by atoms with Crippen LogP contribution < -0.4 is 0 Å². The minimum atomic E-state index is -1.28. The van der Waals surface area contributed by atoms with Crippen LogP contribution in [0.2, 0.25) is 0 Å². The monoisotopic (exact) mass is 624 g/mol. The van der Waals surface area contributed by atoms with Gasteiger partial charge in [-0.1, -0.05) is 31.9 Å². The molecule has 12 aliphatic rings. The van der Waals surface area contributed by atoms with Crippen LogP contribution in [0.1, 0.15) is 0 Å². The molecule has 12 aliphatic carbocycles. The van der Waals surface area contributed by atoms with E-state index in [-0.39, 0.29) is 71.1 Å². The van der Waals surface area contributed by atoms with Gasteiger partial charge in [0.2, 0.25) is 0 Å². The van der Waals surface area contributed by atoms with Gasteiger partial charge in [0.15, 0.2) is 0 Å². The van der Waals surface area contributed by atoms with Crippen molar-refractivity contribution in [2.24, 2.45) is 81.8 Å². The fraction of sp³-hybridized carbons (Fsp3) is 0.923. The van der Waals surface area contributed by atoms with Gasteiger partial charge in [-0.25, -0.2) is 0 Å². The Bertz CT molecular complexity index is 1190. The van der Waals surface area contributed by atoms with E-state index in [9.17, 15) is 19.8 Å². The molecule has 4 unspecified atom stereocenters. The summed E-state index contributed by atoms with van der Waals surface area (Å²) in [6.45, 7) is 0. The summed E-state index contributed by atoms with van der Waals surface area (Å²) in [7, 11) is 6.26. The van der Waals surface area contributed by atoms with Crippen LogP contribution in [0.25, 0.3) is 0 Å². The van der Waals surface area contributed by atoms with Crippen molar-refractivity contribution in [1.82, 2.24) is 0 Å². The highest BCUT2D eigenvalue weighted by Gasteiger charge is 3.21. The Morgan fingerprint density at radius 2 is 0.917 bits per heavy atom. The molecule has 0 radical (unpaired) electrons. The zero-order valence-electron chi connectivity index (χ0n) is 20.0. The molecule has 8 nitrogen and oxygen atoms in total. The summed E-state index contributed by atoms with van der Waals surface area (Å²) in [4.78, 5) is 28.6. The Morgan fingerprint density at radius 3 is 1.28 bits per heavy atom. The minimum absolute atomic E-state index is 0.0456. The first-order valence-electron chi connectivity index (χ1n) is 13.1. The van der Waals surface area contributed by atoms with Crippen molar-refractivity contribution in [3.63, 3.8) is 0 Å². The molecule has 0 spiro atoms. The molecule has 0 aromatic carbocycles. The normalized spacial score (nSPS) is 81.6. The second-order valence-electron chi connectivity index (χ2n) is 14.0. The summed E-state index contributed by atoms with van der Waals surface area (Å²) in [5.74, 6) is -3.43. The number of alkyl halides is 2. The lowest BCUT2D eigenvalue weighted by molar-refractivity contribution is -0.201. The van der Waals surface area contributed by atoms with Gasteiger partial charge in [-0.3, -0.25) is 9.59 Å². The Balaban J connectivity index is 1.42. The summed E-state index contributed by atoms with van der Waals surface area (Å²) in [6.07, 6.45) is 0. The molecule has 12 rings (SSSR count). The zero-order valence-corrected chi connectivity index (χ0v) is 23.2. The van der Waals surface area contributed by atoms with Crippen molar-refractivity contribution in [3.05, 3.63) is 0 Å². The molecule has 12 fully saturated rings. The summed E-state index contributed by atoms with van der Waals surface area (Å²) in [6, 6.07) is 0. The standard InChI is InChI=1S/C26H26Br2O8/c1-33-17(29)19-9-5-6-10(19)22(28)14-8-7-13(25(14,19)35-3)21(9,27)23(31)11(5)20(18(30)34-2)12(6)24(22,32)16(8)26(20,36-4)15(7)23/h5-16,31-32H,1-4H3/t5-,6-,7-,8-,9-,10+,11+,12-,13-,14+,15+,16-,19?,20?,21+,22-,23-,24+,25?,26?/m1/s1. The van der Waals surface area contributed by atoms with E-state index < -0.39 is 53.7 Å². The van der Waals surface area contributed by atoms with Crippen molar-refractivity contribution in [3.8, 4) is 0 Å². The third-order valence-electron chi connectivity index (χ3n) is 15.7. The number of carbonyl (C=O) groups is 2. The topological polar surface area (TPSA) is 112 Å². The van der Waals surface area contributed by atoms with Crippen molar-refractivity contribution < 1.29 is 38.7 Å². The third kappa shape index (κ3) is 0.964. The second kappa shape index (κ2) is 4.50. The van der Waals surface area contributed by atoms with E-state index >= 15 is 0 Å². The number of ether oxygens (including phenoxy) is 4. The van der Waals surface area contributed by atoms with Crippen LogP contribution in [0, 0.1) is 81.8 Å². The fourth-order valence-electron chi connectivity index (χ4n) is 17.3. The predicted molar refractivity (Wildman–Crippen MR) is 123 cm³/mol. The molecule has 0 aliphatic heterocycles. The maximum absolute atomic E-state index is 14.3. The van der Waals surface area contributed by atoms with Crippen molar-refractivity contribution in [2.45, 2.75) is 31.1 Å². The maximum atomic E-state index is 14.3. The Morgan fingerprint density at radius 1 is 0.583 bits per heavy atom. The number of carbonyl (C=O) groups excluding carboxylic acids is 2. The number of hydrogen-bond donors (Lipinski definition) is 2. The van der Waals surface area contributed by atoms with E-state index in [0.717, 1.165) is 0 Å². The first-order chi connectivity index (χ1) is 17.0. The van der Waals surface area contributed by atoms with Crippen LogP contribution in [0.5, 0.6) is 0 Å². The number of methoxy groups -OCH3 is 4. The molecular formula is C26H26Br2O8. The molecule has 2 N–H and O–H groups in total. The van der Waals surface area contributed by atoms with Crippen LogP contribution >= 0.6 is 31.9 Å². The van der Waals surface area contributed by atoms with Crippen LogP contribution in [0.15, 0.2) is 0 Å². The summed E-state index contributed by atoms with van der Waals surface area (Å²) < 4.78 is 23.0. The fourth-order valence-corrected chi connectivity index (χ4v) is 21.0. The highest BCUT2D eigenvalue weighted by atomic mass is 79.9. The van der Waals surface area contributed by atoms with Gasteiger partial charge in [0.25, 0.3) is 0 Å². The first-order valence-corrected chi connectivity index (χ1v) is 14.7. The van der Waals surface area contributed by atoms with Gasteiger partial charge < -0.3 is 29.2 Å². The molecule has 12 saturated carbocycles. The molecule has 20 atom stereocenters. The highest BCUT2D eigenvalue weighted by molar-refractivity contribution is 9.10. The lowest BCUT2D eigenvalue weighted by Gasteiger charge is -2.49. The summed E-state index contributed by atoms with van der Waals surface area (Å²) in [5.41, 5.74) is -6.59. The van der Waals surface area contributed by atoms with Gasteiger partial charge in [0, 0.05) is 61.6 Å². The molecule has 0 aromatic rings. The van der Waals surface area contributed by atoms with E-state index in [2.05, 4.69) is 31.9 Å². The van der Waals surface area contributed by atoms with Crippen molar-refractivity contribution in [2.75, 3.05) is 28.4 Å². The molecule has 0 amide bonds. The van der Waals surface area contributed by atoms with Crippen LogP contribution in [0.4, 0.5) is 0 Å². The highest BCUT2D eigenvalue weighted by Crippen LogP contribution is 3.11. The van der Waals surface area contributed by atoms with E-state index in [1.807, 2.05) is 0 Å². The quantitative estimate of drug-likeness (QED) is 0.340. The first kappa shape index (κ1) is 20.6. The van der Waals surface area contributed by atoms with Gasteiger partial charge in [-0.05, 0) is 23.7 Å². The van der Waals surface area contributed by atoms with Gasteiger partial charge in [-0.15, -0.1) is 0 Å². The molecule has 192 valence electrons. The summed E-state index contributed by atoms with van der Waals surface area (Å²) >= 11 is 8.47. The number of halogens is 2. The number of rotatable bonds is 4. The second-order valence-corrected chi connectivity index (χ2v) is 16.7. The maximum Gasteiger partial charge on any atom is 0.315 e. The summed E-state index contributed by atoms with van der Waals surface area (Å²) in [5, 5.41) is 26.5. The molecule has 0 heterocycles. The Kier molecular flexibility index (Phi) is 2.58. The van der Waals surface area contributed by atoms with Gasteiger partial charge in [0.1, 0.15) is 10.8 Å². The van der Waals surface area contributed by atoms with Gasteiger partial charge in [0.05, 0.1) is 45.3 Å². The lowest BCUT2D eigenvalue weighted by atomic mass is 9.59. The van der Waals surface area contributed by atoms with E-state index in [0.29, 0.717) is 0 Å². The molecule has 0 bridgehead atoms. The van der Waals surface area contributed by atoms with Crippen LogP contribution in [-0.2, 0) is 28.5 Å². The van der Waals surface area contributed by atoms with Gasteiger partial charge in [-0.2, -0.15) is 0 Å². The molecule has 0 saturated heterocycles. The Labute approximate surface area is 223 Å². The van der Waals surface area contributed by atoms with Crippen LogP contribution in [0.3, 0.4) is 0 Å². The molecule has 0 aromatic heterocycles. The van der Waals surface area contributed by atoms with E-state index in [1.54, 1.807) is 14.2 Å². The average molecular weight is 626 g/mol. The predicted octanol–water partition coefficient (Wildman–Crippen LogP) is 0.349. The average Bonchev–Trinajstić information content (AvgIpc) is 3.69. The third-order valence-corrected chi connectivity index (χ3v) is 19.0.